The van der Waals surface area contributed by atoms with E-state index in [-0.39, 0.29) is 32.0 Å². The lowest BCUT2D eigenvalue weighted by atomic mass is 10.4. The first-order valence-corrected chi connectivity index (χ1v) is 5.40. The molecule has 2 N–H and O–H groups in total. The van der Waals surface area contributed by atoms with E-state index in [1.54, 1.807) is 0 Å². The van der Waals surface area contributed by atoms with Crippen molar-refractivity contribution in [2.24, 2.45) is 0 Å². The first kappa shape index (κ1) is 17.0. The zero-order valence-electron chi connectivity index (χ0n) is 10.6. The smallest absolute Gasteiger partial charge is 0.335 e. The molecule has 0 radical (unpaired) electrons. The summed E-state index contributed by atoms with van der Waals surface area (Å²) >= 11 is 0. The fraction of sp³-hybridized carbons (Fsp3) is 0.727. The van der Waals surface area contributed by atoms with Gasteiger partial charge in [-0.25, -0.2) is 4.79 Å². The molecule has 106 valence electrons. The molecular weight excluding hydrogens is 244 g/mol. The second-order valence-corrected chi connectivity index (χ2v) is 3.39. The van der Waals surface area contributed by atoms with Crippen molar-refractivity contribution in [1.82, 2.24) is 0 Å². The topological polar surface area (TPSA) is 94.5 Å². The zero-order chi connectivity index (χ0) is 14.0. The van der Waals surface area contributed by atoms with Crippen LogP contribution >= 0.6 is 0 Å². The number of hydrogen-bond acceptors (Lipinski definition) is 7. The van der Waals surface area contributed by atoms with E-state index in [1.807, 2.05) is 0 Å². The molecule has 0 aliphatic heterocycles. The summed E-state index contributed by atoms with van der Waals surface area (Å²) in [6, 6.07) is 0. The molecule has 18 heavy (non-hydrogen) atoms. The number of carbonyl (C=O) groups is 1. The van der Waals surface area contributed by atoms with E-state index in [1.165, 1.54) is 14.0 Å². The molecular formula is C11H20O7. The summed E-state index contributed by atoms with van der Waals surface area (Å²) in [7, 11) is 1.30. The van der Waals surface area contributed by atoms with Gasteiger partial charge in [0.2, 0.25) is 6.29 Å². The maximum absolute atomic E-state index is 11.1. The van der Waals surface area contributed by atoms with Crippen molar-refractivity contribution < 1.29 is 34.0 Å². The van der Waals surface area contributed by atoms with E-state index in [0.29, 0.717) is 0 Å². The molecule has 0 spiro atoms. The molecule has 7 heteroatoms. The largest absolute Gasteiger partial charge is 0.427 e. The van der Waals surface area contributed by atoms with Gasteiger partial charge in [-0.2, -0.15) is 0 Å². The zero-order valence-corrected chi connectivity index (χ0v) is 10.6. The first-order valence-electron chi connectivity index (χ1n) is 5.40. The molecule has 2 unspecified atom stereocenters. The fourth-order valence-corrected chi connectivity index (χ4v) is 0.922. The van der Waals surface area contributed by atoms with Gasteiger partial charge >= 0.3 is 5.97 Å². The summed E-state index contributed by atoms with van der Waals surface area (Å²) in [6.07, 6.45) is -2.65. The molecule has 0 aliphatic rings. The summed E-state index contributed by atoms with van der Waals surface area (Å²) < 4.78 is 19.5. The van der Waals surface area contributed by atoms with E-state index in [2.05, 4.69) is 11.3 Å². The van der Waals surface area contributed by atoms with Crippen LogP contribution in [0.4, 0.5) is 0 Å². The molecule has 0 heterocycles. The molecule has 0 bridgehead atoms. The van der Waals surface area contributed by atoms with Crippen LogP contribution in [0.25, 0.3) is 0 Å². The number of aliphatic hydroxyl groups excluding tert-OH is 2. The van der Waals surface area contributed by atoms with E-state index in [4.69, 9.17) is 19.3 Å². The lowest BCUT2D eigenvalue weighted by Gasteiger charge is -2.21. The quantitative estimate of drug-likeness (QED) is 0.236. The van der Waals surface area contributed by atoms with E-state index >= 15 is 0 Å². The predicted octanol–water partition coefficient (Wildman–Crippen LogP) is -0.578. The van der Waals surface area contributed by atoms with Crippen molar-refractivity contribution in [3.05, 3.63) is 12.2 Å². The number of methoxy groups -OCH3 is 1. The number of esters is 1. The molecule has 0 aromatic carbocycles. The Bertz CT molecular complexity index is 254. The van der Waals surface area contributed by atoms with Crippen LogP contribution in [0, 0.1) is 0 Å². The fourth-order valence-electron chi connectivity index (χ4n) is 0.922. The summed E-state index contributed by atoms with van der Waals surface area (Å²) in [5, 5.41) is 18.0. The van der Waals surface area contributed by atoms with Crippen LogP contribution in [0.1, 0.15) is 6.92 Å². The summed E-state index contributed by atoms with van der Waals surface area (Å²) in [6.45, 7) is 5.31. The van der Waals surface area contributed by atoms with Gasteiger partial charge in [0.05, 0.1) is 26.4 Å². The molecule has 2 atom stereocenters. The van der Waals surface area contributed by atoms with Crippen LogP contribution in [-0.4, -0.2) is 62.3 Å². The molecule has 0 aliphatic carbocycles. The van der Waals surface area contributed by atoms with Gasteiger partial charge in [-0.05, 0) is 6.92 Å². The molecule has 0 amide bonds. The van der Waals surface area contributed by atoms with Crippen molar-refractivity contribution in [2.45, 2.75) is 19.5 Å². The third-order valence-electron chi connectivity index (χ3n) is 1.79. The standard InChI is InChI=1S/C11H20O7/c1-8(2)9(13)18-10(14)11(15-3)17-7-6-16-5-4-12/h10-12,14H,1,4-7H2,2-3H3. The van der Waals surface area contributed by atoms with Crippen molar-refractivity contribution in [3.8, 4) is 0 Å². The lowest BCUT2D eigenvalue weighted by Crippen LogP contribution is -2.35. The molecule has 0 fully saturated rings. The highest BCUT2D eigenvalue weighted by molar-refractivity contribution is 5.87. The molecule has 0 rings (SSSR count). The van der Waals surface area contributed by atoms with Crippen LogP contribution in [0.15, 0.2) is 12.2 Å². The summed E-state index contributed by atoms with van der Waals surface area (Å²) in [4.78, 5) is 11.1. The van der Waals surface area contributed by atoms with E-state index < -0.39 is 18.5 Å². The Morgan fingerprint density at radius 2 is 2.00 bits per heavy atom. The highest BCUT2D eigenvalue weighted by Crippen LogP contribution is 2.05. The molecule has 7 nitrogen and oxygen atoms in total. The first-order chi connectivity index (χ1) is 8.52. The Labute approximate surface area is 106 Å². The second kappa shape index (κ2) is 9.98. The maximum Gasteiger partial charge on any atom is 0.335 e. The number of rotatable bonds is 10. The summed E-state index contributed by atoms with van der Waals surface area (Å²) in [5.41, 5.74) is 0.162. The van der Waals surface area contributed by atoms with Crippen molar-refractivity contribution >= 4 is 5.97 Å². The van der Waals surface area contributed by atoms with Crippen LogP contribution in [-0.2, 0) is 23.7 Å². The Morgan fingerprint density at radius 3 is 2.50 bits per heavy atom. The molecule has 0 aromatic rings. The van der Waals surface area contributed by atoms with Crippen molar-refractivity contribution in [3.63, 3.8) is 0 Å². The van der Waals surface area contributed by atoms with Gasteiger partial charge in [0.15, 0.2) is 0 Å². The number of aliphatic hydroxyl groups is 2. The minimum absolute atomic E-state index is 0.0768. The van der Waals surface area contributed by atoms with Gasteiger partial charge in [0.1, 0.15) is 0 Å². The van der Waals surface area contributed by atoms with Gasteiger partial charge in [-0.15, -0.1) is 0 Å². The predicted molar refractivity (Wildman–Crippen MR) is 61.6 cm³/mol. The molecule has 0 saturated heterocycles. The van der Waals surface area contributed by atoms with Gasteiger partial charge in [-0.3, -0.25) is 0 Å². The Kier molecular flexibility index (Phi) is 9.43. The summed E-state index contributed by atoms with van der Waals surface area (Å²) in [5.74, 6) is -0.732. The van der Waals surface area contributed by atoms with E-state index in [0.717, 1.165) is 0 Å². The van der Waals surface area contributed by atoms with Gasteiger partial charge < -0.3 is 29.2 Å². The average molecular weight is 264 g/mol. The third-order valence-corrected chi connectivity index (χ3v) is 1.79. The highest BCUT2D eigenvalue weighted by atomic mass is 16.7. The van der Waals surface area contributed by atoms with E-state index in [9.17, 15) is 9.90 Å². The third kappa shape index (κ3) is 7.36. The number of carbonyl (C=O) groups excluding carboxylic acids is 1. The monoisotopic (exact) mass is 264 g/mol. The minimum atomic E-state index is -1.54. The Morgan fingerprint density at radius 1 is 1.33 bits per heavy atom. The second-order valence-electron chi connectivity index (χ2n) is 3.39. The van der Waals surface area contributed by atoms with Crippen molar-refractivity contribution in [1.29, 1.82) is 0 Å². The Hall–Kier alpha value is -0.990. The minimum Gasteiger partial charge on any atom is -0.427 e. The maximum atomic E-state index is 11.1. The van der Waals surface area contributed by atoms with Crippen LogP contribution in [0.5, 0.6) is 0 Å². The average Bonchev–Trinajstić information content (AvgIpc) is 2.33. The lowest BCUT2D eigenvalue weighted by molar-refractivity contribution is -0.255. The van der Waals surface area contributed by atoms with Crippen LogP contribution < -0.4 is 0 Å². The Balaban J connectivity index is 3.92. The highest BCUT2D eigenvalue weighted by Gasteiger charge is 2.23. The normalized spacial score (nSPS) is 14.0. The van der Waals surface area contributed by atoms with Crippen LogP contribution in [0.2, 0.25) is 0 Å². The SMILES string of the molecule is C=C(C)C(=O)OC(O)C(OC)OCCOCCO. The van der Waals surface area contributed by atoms with Gasteiger partial charge in [0.25, 0.3) is 6.29 Å². The molecule has 0 saturated carbocycles. The van der Waals surface area contributed by atoms with Crippen LogP contribution in [0.3, 0.4) is 0 Å². The number of hydrogen-bond donors (Lipinski definition) is 2. The van der Waals surface area contributed by atoms with Crippen molar-refractivity contribution in [2.75, 3.05) is 33.5 Å². The number of ether oxygens (including phenoxy) is 4. The van der Waals surface area contributed by atoms with Gasteiger partial charge in [-0.1, -0.05) is 6.58 Å². The molecule has 0 aromatic heterocycles. The van der Waals surface area contributed by atoms with Gasteiger partial charge in [0, 0.05) is 12.7 Å².